The van der Waals surface area contributed by atoms with Gasteiger partial charge in [-0.1, -0.05) is 11.6 Å². The topological polar surface area (TPSA) is 47.0 Å². The molecule has 4 nitrogen and oxygen atoms in total. The van der Waals surface area contributed by atoms with Crippen LogP contribution in [0.3, 0.4) is 0 Å². The fourth-order valence-corrected chi connectivity index (χ4v) is 2.47. The molecule has 0 bridgehead atoms. The van der Waals surface area contributed by atoms with E-state index in [4.69, 9.17) is 16.3 Å². The maximum Gasteiger partial charge on any atom is 0.238 e. The first-order valence-electron chi connectivity index (χ1n) is 6.39. The van der Waals surface area contributed by atoms with E-state index >= 15 is 0 Å². The number of ether oxygens (including phenoxy) is 1. The predicted molar refractivity (Wildman–Crippen MR) is 81.1 cm³/mol. The van der Waals surface area contributed by atoms with Crippen LogP contribution in [0.1, 0.15) is 18.5 Å². The fraction of sp³-hybridized carbons (Fsp3) is 0.286. The van der Waals surface area contributed by atoms with Gasteiger partial charge in [0.15, 0.2) is 0 Å². The van der Waals surface area contributed by atoms with Crippen molar-refractivity contribution in [2.24, 2.45) is 0 Å². The molecule has 0 spiro atoms. The van der Waals surface area contributed by atoms with Gasteiger partial charge in [-0.15, -0.1) is 5.10 Å². The molecule has 1 heterocycles. The van der Waals surface area contributed by atoms with Gasteiger partial charge in [0.25, 0.3) is 0 Å². The van der Waals surface area contributed by atoms with Crippen LogP contribution in [0.4, 0.5) is 0 Å². The number of nitrogens with zero attached hydrogens (tertiary/aromatic N) is 2. The molecular formula is C14H13BrClN3O. The minimum atomic E-state index is 0.461. The highest BCUT2D eigenvalue weighted by molar-refractivity contribution is 9.10. The number of nitrogens with one attached hydrogen (secondary N) is 1. The summed E-state index contributed by atoms with van der Waals surface area (Å²) >= 11 is 9.28. The van der Waals surface area contributed by atoms with Gasteiger partial charge in [-0.25, -0.2) is 0 Å². The lowest BCUT2D eigenvalue weighted by atomic mass is 10.3. The lowest BCUT2D eigenvalue weighted by Gasteiger charge is -2.07. The third kappa shape index (κ3) is 3.69. The number of hydrogen-bond acceptors (Lipinski definition) is 4. The molecule has 0 aliphatic heterocycles. The van der Waals surface area contributed by atoms with Gasteiger partial charge in [-0.3, -0.25) is 0 Å². The highest BCUT2D eigenvalue weighted by Crippen LogP contribution is 2.30. The average Bonchev–Trinajstić information content (AvgIpc) is 3.25. The molecule has 1 aliphatic carbocycles. The molecule has 1 aromatic heterocycles. The first-order chi connectivity index (χ1) is 9.70. The van der Waals surface area contributed by atoms with E-state index in [0.29, 0.717) is 22.7 Å². The summed E-state index contributed by atoms with van der Waals surface area (Å²) in [6, 6.07) is 9.73. The van der Waals surface area contributed by atoms with Crippen LogP contribution in [0.15, 0.2) is 34.8 Å². The Labute approximate surface area is 130 Å². The normalized spacial score (nSPS) is 14.3. The molecule has 1 aliphatic rings. The largest absolute Gasteiger partial charge is 0.436 e. The van der Waals surface area contributed by atoms with Crippen molar-refractivity contribution in [2.75, 3.05) is 0 Å². The van der Waals surface area contributed by atoms with E-state index in [1.54, 1.807) is 18.2 Å². The summed E-state index contributed by atoms with van der Waals surface area (Å²) < 4.78 is 6.44. The second-order valence-corrected chi connectivity index (χ2v) is 5.99. The summed E-state index contributed by atoms with van der Waals surface area (Å²) in [7, 11) is 0. The van der Waals surface area contributed by atoms with Crippen LogP contribution < -0.4 is 10.1 Å². The van der Waals surface area contributed by atoms with Crippen molar-refractivity contribution < 1.29 is 4.74 Å². The van der Waals surface area contributed by atoms with Crippen LogP contribution in [0.2, 0.25) is 5.02 Å². The van der Waals surface area contributed by atoms with Crippen molar-refractivity contribution in [3.05, 3.63) is 45.5 Å². The zero-order chi connectivity index (χ0) is 13.9. The summed E-state index contributed by atoms with van der Waals surface area (Å²) in [6.07, 6.45) is 2.53. The number of halogens is 2. The van der Waals surface area contributed by atoms with Gasteiger partial charge in [0.2, 0.25) is 5.88 Å². The molecule has 6 heteroatoms. The van der Waals surface area contributed by atoms with E-state index in [0.717, 1.165) is 16.7 Å². The first-order valence-corrected chi connectivity index (χ1v) is 7.57. The highest BCUT2D eigenvalue weighted by Gasteiger charge is 2.20. The second kappa shape index (κ2) is 6.08. The summed E-state index contributed by atoms with van der Waals surface area (Å²) in [6.45, 7) is 0.753. The summed E-state index contributed by atoms with van der Waals surface area (Å²) in [5.74, 6) is 1.12. The van der Waals surface area contributed by atoms with Gasteiger partial charge in [-0.05, 0) is 53.0 Å². The summed E-state index contributed by atoms with van der Waals surface area (Å²) in [4.78, 5) is 0. The average molecular weight is 355 g/mol. The molecule has 1 saturated carbocycles. The number of aromatic nitrogens is 2. The maximum absolute atomic E-state index is 5.89. The monoisotopic (exact) mass is 353 g/mol. The molecular weight excluding hydrogens is 342 g/mol. The fourth-order valence-electron chi connectivity index (χ4n) is 1.70. The van der Waals surface area contributed by atoms with Crippen molar-refractivity contribution in [3.8, 4) is 11.6 Å². The quantitative estimate of drug-likeness (QED) is 0.883. The van der Waals surface area contributed by atoms with E-state index in [1.807, 2.05) is 12.1 Å². The Morgan fingerprint density at radius 3 is 2.75 bits per heavy atom. The Bertz CT molecular complexity index is 602. The van der Waals surface area contributed by atoms with E-state index in [2.05, 4.69) is 31.4 Å². The smallest absolute Gasteiger partial charge is 0.238 e. The molecule has 0 saturated heterocycles. The number of hydrogen-bond donors (Lipinski definition) is 1. The first kappa shape index (κ1) is 13.8. The SMILES string of the molecule is Clc1ccc(Oc2ccc(CNC3CC3)nn2)c(Br)c1. The molecule has 2 aromatic rings. The van der Waals surface area contributed by atoms with Gasteiger partial charge in [0, 0.05) is 23.7 Å². The number of benzene rings is 1. The molecule has 1 aromatic carbocycles. The molecule has 3 rings (SSSR count). The molecule has 1 N–H and O–H groups in total. The molecule has 0 radical (unpaired) electrons. The summed E-state index contributed by atoms with van der Waals surface area (Å²) in [5.41, 5.74) is 0.916. The third-order valence-electron chi connectivity index (χ3n) is 2.95. The minimum absolute atomic E-state index is 0.461. The molecule has 1 fully saturated rings. The van der Waals surface area contributed by atoms with Gasteiger partial charge in [0.1, 0.15) is 5.75 Å². The Kier molecular flexibility index (Phi) is 4.19. The van der Waals surface area contributed by atoms with E-state index in [-0.39, 0.29) is 0 Å². The molecule has 0 atom stereocenters. The van der Waals surface area contributed by atoms with Gasteiger partial charge in [-0.2, -0.15) is 5.10 Å². The van der Waals surface area contributed by atoms with Gasteiger partial charge < -0.3 is 10.1 Å². The number of rotatable bonds is 5. The van der Waals surface area contributed by atoms with Crippen molar-refractivity contribution in [1.29, 1.82) is 0 Å². The Balaban J connectivity index is 1.64. The Morgan fingerprint density at radius 2 is 2.10 bits per heavy atom. The Morgan fingerprint density at radius 1 is 1.25 bits per heavy atom. The van der Waals surface area contributed by atoms with Crippen molar-refractivity contribution >= 4 is 27.5 Å². The van der Waals surface area contributed by atoms with E-state index in [9.17, 15) is 0 Å². The Hall–Kier alpha value is -1.17. The van der Waals surface area contributed by atoms with Crippen LogP contribution in [0.25, 0.3) is 0 Å². The molecule has 0 unspecified atom stereocenters. The second-order valence-electron chi connectivity index (χ2n) is 4.69. The van der Waals surface area contributed by atoms with E-state index < -0.39 is 0 Å². The highest BCUT2D eigenvalue weighted by atomic mass is 79.9. The zero-order valence-corrected chi connectivity index (χ0v) is 13.0. The summed E-state index contributed by atoms with van der Waals surface area (Å²) in [5, 5.41) is 12.3. The van der Waals surface area contributed by atoms with E-state index in [1.165, 1.54) is 12.8 Å². The van der Waals surface area contributed by atoms with Crippen LogP contribution in [0.5, 0.6) is 11.6 Å². The van der Waals surface area contributed by atoms with Crippen molar-refractivity contribution in [3.63, 3.8) is 0 Å². The van der Waals surface area contributed by atoms with Crippen LogP contribution >= 0.6 is 27.5 Å². The third-order valence-corrected chi connectivity index (χ3v) is 3.81. The molecule has 104 valence electrons. The van der Waals surface area contributed by atoms with Gasteiger partial charge in [0.05, 0.1) is 10.2 Å². The lowest BCUT2D eigenvalue weighted by Crippen LogP contribution is -2.16. The van der Waals surface area contributed by atoms with Crippen LogP contribution in [-0.2, 0) is 6.54 Å². The van der Waals surface area contributed by atoms with Crippen LogP contribution in [-0.4, -0.2) is 16.2 Å². The lowest BCUT2D eigenvalue weighted by molar-refractivity contribution is 0.450. The van der Waals surface area contributed by atoms with Crippen molar-refractivity contribution in [2.45, 2.75) is 25.4 Å². The molecule has 0 amide bonds. The zero-order valence-electron chi connectivity index (χ0n) is 10.6. The predicted octanol–water partition coefficient (Wildman–Crippen LogP) is 3.94. The van der Waals surface area contributed by atoms with Crippen molar-refractivity contribution in [1.82, 2.24) is 15.5 Å². The van der Waals surface area contributed by atoms with Crippen LogP contribution in [0, 0.1) is 0 Å². The van der Waals surface area contributed by atoms with Gasteiger partial charge >= 0.3 is 0 Å². The standard InChI is InChI=1S/C14H13BrClN3O/c15-12-7-9(16)1-5-13(12)20-14-6-4-11(18-19-14)8-17-10-2-3-10/h1,4-7,10,17H,2-3,8H2. The molecule has 20 heavy (non-hydrogen) atoms. The minimum Gasteiger partial charge on any atom is -0.436 e. The maximum atomic E-state index is 5.89.